The van der Waals surface area contributed by atoms with Gasteiger partial charge in [0.2, 0.25) is 5.91 Å². The minimum atomic E-state index is -0.180. The molecule has 0 bridgehead atoms. The van der Waals surface area contributed by atoms with Crippen LogP contribution >= 0.6 is 11.6 Å². The van der Waals surface area contributed by atoms with Gasteiger partial charge in [-0.15, -0.1) is 11.6 Å². The first-order chi connectivity index (χ1) is 8.77. The molecule has 0 radical (unpaired) electrons. The van der Waals surface area contributed by atoms with E-state index >= 15 is 0 Å². The molecule has 2 nitrogen and oxygen atoms in total. The molecule has 0 saturated carbocycles. The molecule has 1 atom stereocenters. The fraction of sp³-hybridized carbons (Fsp3) is 0.562. The molecule has 3 heteroatoms. The highest BCUT2D eigenvalue weighted by Gasteiger charge is 2.39. The zero-order valence-corrected chi connectivity index (χ0v) is 13.1. The lowest BCUT2D eigenvalue weighted by molar-refractivity contribution is -0.117. The van der Waals surface area contributed by atoms with E-state index in [1.165, 1.54) is 16.7 Å². The van der Waals surface area contributed by atoms with Gasteiger partial charge in [0.05, 0.1) is 0 Å². The van der Waals surface area contributed by atoms with Gasteiger partial charge >= 0.3 is 0 Å². The fourth-order valence-corrected chi connectivity index (χ4v) is 3.34. The van der Waals surface area contributed by atoms with Crippen molar-refractivity contribution in [3.05, 3.63) is 28.8 Å². The number of amides is 1. The summed E-state index contributed by atoms with van der Waals surface area (Å²) in [6.07, 6.45) is 0.963. The van der Waals surface area contributed by atoms with E-state index in [1.807, 2.05) is 4.90 Å². The molecule has 1 aliphatic heterocycles. The van der Waals surface area contributed by atoms with Crippen molar-refractivity contribution in [1.29, 1.82) is 0 Å². The monoisotopic (exact) mass is 279 g/mol. The number of hydrogen-bond acceptors (Lipinski definition) is 1. The van der Waals surface area contributed by atoms with E-state index in [-0.39, 0.29) is 17.3 Å². The lowest BCUT2D eigenvalue weighted by atomic mass is 9.79. The zero-order chi connectivity index (χ0) is 14.4. The van der Waals surface area contributed by atoms with Crippen LogP contribution < -0.4 is 4.90 Å². The van der Waals surface area contributed by atoms with Crippen LogP contribution in [0.1, 0.15) is 49.8 Å². The largest absolute Gasteiger partial charge is 0.306 e. The normalized spacial score (nSPS) is 21.2. The highest BCUT2D eigenvalue weighted by atomic mass is 35.5. The number of aryl methyl sites for hydroxylation is 2. The Kier molecular flexibility index (Phi) is 3.65. The van der Waals surface area contributed by atoms with Crippen LogP contribution in [0.4, 0.5) is 5.69 Å². The van der Waals surface area contributed by atoms with Crippen molar-refractivity contribution in [2.75, 3.05) is 10.8 Å². The lowest BCUT2D eigenvalue weighted by Gasteiger charge is -2.46. The lowest BCUT2D eigenvalue weighted by Crippen LogP contribution is -2.52. The number of benzene rings is 1. The van der Waals surface area contributed by atoms with Gasteiger partial charge in [-0.05, 0) is 62.8 Å². The summed E-state index contributed by atoms with van der Waals surface area (Å²) in [5.74, 6) is 0.483. The Balaban J connectivity index is 2.64. The third-order valence-electron chi connectivity index (χ3n) is 4.19. The first-order valence-electron chi connectivity index (χ1n) is 6.78. The molecule has 1 aromatic carbocycles. The summed E-state index contributed by atoms with van der Waals surface area (Å²) in [5.41, 5.74) is 4.62. The van der Waals surface area contributed by atoms with Crippen molar-refractivity contribution in [1.82, 2.24) is 0 Å². The van der Waals surface area contributed by atoms with E-state index in [4.69, 9.17) is 11.6 Å². The Morgan fingerprint density at radius 1 is 1.37 bits per heavy atom. The van der Waals surface area contributed by atoms with Gasteiger partial charge < -0.3 is 4.90 Å². The molecule has 2 rings (SSSR count). The maximum absolute atomic E-state index is 12.2. The summed E-state index contributed by atoms with van der Waals surface area (Å²) in [4.78, 5) is 14.1. The van der Waals surface area contributed by atoms with Crippen LogP contribution in [0.25, 0.3) is 0 Å². The van der Waals surface area contributed by atoms with Gasteiger partial charge in [0.25, 0.3) is 0 Å². The Morgan fingerprint density at radius 2 is 1.95 bits per heavy atom. The molecule has 0 aliphatic carbocycles. The number of fused-ring (bicyclic) bond motifs is 1. The number of alkyl halides is 1. The summed E-state index contributed by atoms with van der Waals surface area (Å²) in [6.45, 7) is 10.7. The van der Waals surface area contributed by atoms with Crippen molar-refractivity contribution in [2.45, 2.75) is 52.5 Å². The maximum atomic E-state index is 12.2. The van der Waals surface area contributed by atoms with Gasteiger partial charge in [-0.1, -0.05) is 13.0 Å². The molecular formula is C16H22ClNO. The molecule has 104 valence electrons. The number of nitrogens with zero attached hydrogens (tertiary/aromatic N) is 1. The van der Waals surface area contributed by atoms with Crippen LogP contribution in [-0.4, -0.2) is 17.3 Å². The first kappa shape index (κ1) is 14.4. The molecule has 0 aromatic heterocycles. The second-order valence-electron chi connectivity index (χ2n) is 6.28. The quantitative estimate of drug-likeness (QED) is 0.707. The fourth-order valence-electron chi connectivity index (χ4n) is 3.22. The molecule has 0 saturated heterocycles. The van der Waals surface area contributed by atoms with Crippen molar-refractivity contribution >= 4 is 23.2 Å². The van der Waals surface area contributed by atoms with E-state index < -0.39 is 0 Å². The molecule has 0 N–H and O–H groups in total. The molecule has 1 amide bonds. The number of anilines is 1. The van der Waals surface area contributed by atoms with Crippen LogP contribution in [-0.2, 0) is 4.79 Å². The molecule has 1 aliphatic rings. The zero-order valence-electron chi connectivity index (χ0n) is 12.4. The number of carbonyl (C=O) groups excluding carboxylic acids is 1. The number of rotatable bonds is 1. The predicted octanol–water partition coefficient (Wildman–Crippen LogP) is 4.16. The molecule has 0 fully saturated rings. The number of hydrogen-bond donors (Lipinski definition) is 0. The number of carbonyl (C=O) groups is 1. The molecule has 0 unspecified atom stereocenters. The predicted molar refractivity (Wildman–Crippen MR) is 81.2 cm³/mol. The van der Waals surface area contributed by atoms with Crippen LogP contribution in [0.3, 0.4) is 0 Å². The van der Waals surface area contributed by atoms with Gasteiger partial charge in [0.1, 0.15) is 5.88 Å². The smallest absolute Gasteiger partial charge is 0.242 e. The van der Waals surface area contributed by atoms with Crippen molar-refractivity contribution in [2.24, 2.45) is 0 Å². The van der Waals surface area contributed by atoms with Gasteiger partial charge in [-0.2, -0.15) is 0 Å². The second kappa shape index (κ2) is 4.82. The molecule has 0 spiro atoms. The molecule has 1 heterocycles. The van der Waals surface area contributed by atoms with E-state index in [0.717, 1.165) is 12.1 Å². The standard InChI is InChI=1S/C16H22ClNO/c1-10-6-13-12(3)8-16(4,5)18(15(19)9-17)14(13)7-11(10)2/h6-7,12H,8-9H2,1-5H3/t12-/m0/s1. The summed E-state index contributed by atoms with van der Waals surface area (Å²) in [6, 6.07) is 4.35. The average Bonchev–Trinajstić information content (AvgIpc) is 2.30. The third-order valence-corrected chi connectivity index (χ3v) is 4.42. The van der Waals surface area contributed by atoms with Gasteiger partial charge in [0.15, 0.2) is 0 Å². The van der Waals surface area contributed by atoms with E-state index in [2.05, 4.69) is 46.8 Å². The summed E-state index contributed by atoms with van der Waals surface area (Å²) < 4.78 is 0. The Labute approximate surface area is 120 Å². The highest BCUT2D eigenvalue weighted by Crippen LogP contribution is 2.44. The molecule has 19 heavy (non-hydrogen) atoms. The van der Waals surface area contributed by atoms with Gasteiger partial charge in [-0.25, -0.2) is 0 Å². The SMILES string of the molecule is Cc1cc2c(cc1C)N(C(=O)CCl)C(C)(C)C[C@@H]2C. The Bertz CT molecular complexity index is 522. The maximum Gasteiger partial charge on any atom is 0.242 e. The minimum absolute atomic E-state index is 0.0110. The Morgan fingerprint density at radius 3 is 2.53 bits per heavy atom. The number of halogens is 1. The van der Waals surface area contributed by atoms with E-state index in [1.54, 1.807) is 0 Å². The highest BCUT2D eigenvalue weighted by molar-refractivity contribution is 6.29. The topological polar surface area (TPSA) is 20.3 Å². The van der Waals surface area contributed by atoms with Crippen LogP contribution in [0.2, 0.25) is 0 Å². The van der Waals surface area contributed by atoms with E-state index in [0.29, 0.717) is 5.92 Å². The van der Waals surface area contributed by atoms with Crippen molar-refractivity contribution in [3.8, 4) is 0 Å². The molecular weight excluding hydrogens is 258 g/mol. The summed E-state index contributed by atoms with van der Waals surface area (Å²) >= 11 is 5.80. The van der Waals surface area contributed by atoms with Crippen molar-refractivity contribution in [3.63, 3.8) is 0 Å². The summed E-state index contributed by atoms with van der Waals surface area (Å²) in [7, 11) is 0. The third kappa shape index (κ3) is 2.38. The first-order valence-corrected chi connectivity index (χ1v) is 7.31. The average molecular weight is 280 g/mol. The van der Waals surface area contributed by atoms with Crippen LogP contribution in [0.15, 0.2) is 12.1 Å². The van der Waals surface area contributed by atoms with E-state index in [9.17, 15) is 4.79 Å². The summed E-state index contributed by atoms with van der Waals surface area (Å²) in [5, 5.41) is 0. The van der Waals surface area contributed by atoms with Crippen molar-refractivity contribution < 1.29 is 4.79 Å². The van der Waals surface area contributed by atoms with Gasteiger partial charge in [0, 0.05) is 11.2 Å². The van der Waals surface area contributed by atoms with Crippen LogP contribution in [0, 0.1) is 13.8 Å². The van der Waals surface area contributed by atoms with Gasteiger partial charge in [-0.3, -0.25) is 4.79 Å². The second-order valence-corrected chi connectivity index (χ2v) is 6.54. The minimum Gasteiger partial charge on any atom is -0.306 e. The van der Waals surface area contributed by atoms with Crippen LogP contribution in [0.5, 0.6) is 0 Å². The molecule has 1 aromatic rings. The Hall–Kier alpha value is -1.02.